The molecule has 0 aliphatic carbocycles. The summed E-state index contributed by atoms with van der Waals surface area (Å²) in [6.45, 7) is 5.32. The SMILES string of the molecule is O=C(NC[C@@H]1CN2CCC[C@H]2CO1)N1CC[C@H](Cc2ccccc2)C1. The van der Waals surface area contributed by atoms with Crippen LogP contribution in [0.15, 0.2) is 30.3 Å². The van der Waals surface area contributed by atoms with Gasteiger partial charge in [0, 0.05) is 32.2 Å². The fraction of sp³-hybridized carbons (Fsp3) is 0.650. The topological polar surface area (TPSA) is 44.8 Å². The first-order chi connectivity index (χ1) is 12.3. The average molecular weight is 343 g/mol. The molecule has 4 rings (SSSR count). The van der Waals surface area contributed by atoms with Crippen molar-refractivity contribution in [3.8, 4) is 0 Å². The van der Waals surface area contributed by atoms with E-state index in [2.05, 4.69) is 40.5 Å². The monoisotopic (exact) mass is 343 g/mol. The second-order valence-electron chi connectivity index (χ2n) is 7.72. The van der Waals surface area contributed by atoms with Crippen LogP contribution >= 0.6 is 0 Å². The standard InChI is InChI=1S/C20H29N3O2/c24-20(21-12-19-14-22-9-4-7-18(22)15-25-19)23-10-8-17(13-23)11-16-5-2-1-3-6-16/h1-3,5-6,17-19H,4,7-15H2,(H,21,24)/t17-,18+,19-/m1/s1. The van der Waals surface area contributed by atoms with Gasteiger partial charge in [0.1, 0.15) is 0 Å². The number of ether oxygens (including phenoxy) is 1. The summed E-state index contributed by atoms with van der Waals surface area (Å²) in [4.78, 5) is 16.9. The number of morpholine rings is 1. The third-order valence-electron chi connectivity index (χ3n) is 5.88. The average Bonchev–Trinajstić information content (AvgIpc) is 3.29. The molecule has 3 aliphatic heterocycles. The molecule has 0 saturated carbocycles. The van der Waals surface area contributed by atoms with E-state index in [0.717, 1.165) is 39.1 Å². The van der Waals surface area contributed by atoms with E-state index in [1.807, 2.05) is 4.90 Å². The van der Waals surface area contributed by atoms with Crippen LogP contribution in [0.4, 0.5) is 4.79 Å². The van der Waals surface area contributed by atoms with E-state index in [4.69, 9.17) is 4.74 Å². The van der Waals surface area contributed by atoms with Crippen molar-refractivity contribution in [2.75, 3.05) is 39.3 Å². The lowest BCUT2D eigenvalue weighted by Crippen LogP contribution is -2.51. The van der Waals surface area contributed by atoms with Crippen molar-refractivity contribution in [3.63, 3.8) is 0 Å². The quantitative estimate of drug-likeness (QED) is 0.911. The smallest absolute Gasteiger partial charge is 0.317 e. The molecule has 0 radical (unpaired) electrons. The number of carbonyl (C=O) groups excluding carboxylic acids is 1. The zero-order chi connectivity index (χ0) is 17.1. The molecule has 25 heavy (non-hydrogen) atoms. The molecule has 0 unspecified atom stereocenters. The van der Waals surface area contributed by atoms with Crippen molar-refractivity contribution >= 4 is 6.03 Å². The molecule has 0 bridgehead atoms. The van der Waals surface area contributed by atoms with Crippen LogP contribution in [-0.2, 0) is 11.2 Å². The van der Waals surface area contributed by atoms with E-state index in [1.165, 1.54) is 24.9 Å². The van der Waals surface area contributed by atoms with Crippen molar-refractivity contribution in [1.82, 2.24) is 15.1 Å². The number of benzene rings is 1. The maximum atomic E-state index is 12.5. The molecule has 3 aliphatic rings. The first-order valence-electron chi connectivity index (χ1n) is 9.70. The van der Waals surface area contributed by atoms with Gasteiger partial charge in [0.25, 0.3) is 0 Å². The summed E-state index contributed by atoms with van der Waals surface area (Å²) in [6.07, 6.45) is 4.84. The zero-order valence-corrected chi connectivity index (χ0v) is 14.9. The van der Waals surface area contributed by atoms with Gasteiger partial charge in [-0.25, -0.2) is 4.79 Å². The Hall–Kier alpha value is -1.59. The molecular weight excluding hydrogens is 314 g/mol. The van der Waals surface area contributed by atoms with Gasteiger partial charge in [0.05, 0.1) is 12.7 Å². The molecule has 0 aromatic heterocycles. The second-order valence-corrected chi connectivity index (χ2v) is 7.72. The first kappa shape index (κ1) is 16.9. The van der Waals surface area contributed by atoms with Crippen molar-refractivity contribution < 1.29 is 9.53 Å². The Labute approximate surface area is 150 Å². The van der Waals surface area contributed by atoms with Gasteiger partial charge in [0.15, 0.2) is 0 Å². The van der Waals surface area contributed by atoms with Crippen LogP contribution < -0.4 is 5.32 Å². The lowest BCUT2D eigenvalue weighted by molar-refractivity contribution is -0.0460. The van der Waals surface area contributed by atoms with E-state index in [1.54, 1.807) is 0 Å². The molecule has 1 aromatic carbocycles. The van der Waals surface area contributed by atoms with Crippen LogP contribution in [0.5, 0.6) is 0 Å². The van der Waals surface area contributed by atoms with Crippen LogP contribution in [0.3, 0.4) is 0 Å². The van der Waals surface area contributed by atoms with Crippen LogP contribution in [0.25, 0.3) is 0 Å². The number of likely N-dealkylation sites (tertiary alicyclic amines) is 1. The normalized spacial score (nSPS) is 29.6. The molecule has 0 spiro atoms. The number of urea groups is 1. The Balaban J connectivity index is 1.20. The minimum Gasteiger partial charge on any atom is -0.373 e. The van der Waals surface area contributed by atoms with Crippen molar-refractivity contribution in [1.29, 1.82) is 0 Å². The highest BCUT2D eigenvalue weighted by atomic mass is 16.5. The molecule has 1 aromatic rings. The van der Waals surface area contributed by atoms with Gasteiger partial charge in [-0.2, -0.15) is 0 Å². The van der Waals surface area contributed by atoms with Crippen molar-refractivity contribution in [2.24, 2.45) is 5.92 Å². The molecule has 5 nitrogen and oxygen atoms in total. The van der Waals surface area contributed by atoms with E-state index < -0.39 is 0 Å². The summed E-state index contributed by atoms with van der Waals surface area (Å²) in [5, 5.41) is 3.09. The van der Waals surface area contributed by atoms with Crippen LogP contribution in [0.2, 0.25) is 0 Å². The maximum absolute atomic E-state index is 12.5. The number of fused-ring (bicyclic) bond motifs is 1. The van der Waals surface area contributed by atoms with Gasteiger partial charge in [-0.3, -0.25) is 4.90 Å². The predicted octanol–water partition coefficient (Wildman–Crippen LogP) is 2.12. The largest absolute Gasteiger partial charge is 0.373 e. The molecule has 136 valence electrons. The highest BCUT2D eigenvalue weighted by Gasteiger charge is 2.33. The highest BCUT2D eigenvalue weighted by Crippen LogP contribution is 2.23. The second kappa shape index (κ2) is 7.75. The molecule has 1 N–H and O–H groups in total. The maximum Gasteiger partial charge on any atom is 0.317 e. The van der Waals surface area contributed by atoms with Crippen molar-refractivity contribution in [2.45, 2.75) is 37.8 Å². The number of amides is 2. The predicted molar refractivity (Wildman–Crippen MR) is 97.6 cm³/mol. The zero-order valence-electron chi connectivity index (χ0n) is 14.9. The molecule has 3 saturated heterocycles. The van der Waals surface area contributed by atoms with E-state index in [9.17, 15) is 4.79 Å². The van der Waals surface area contributed by atoms with E-state index >= 15 is 0 Å². The van der Waals surface area contributed by atoms with Gasteiger partial charge in [-0.05, 0) is 43.7 Å². The van der Waals surface area contributed by atoms with E-state index in [-0.39, 0.29) is 12.1 Å². The van der Waals surface area contributed by atoms with Gasteiger partial charge >= 0.3 is 6.03 Å². The Bertz CT molecular complexity index is 580. The summed E-state index contributed by atoms with van der Waals surface area (Å²) >= 11 is 0. The summed E-state index contributed by atoms with van der Waals surface area (Å²) in [6, 6.07) is 11.3. The Morgan fingerprint density at radius 2 is 2.04 bits per heavy atom. The number of rotatable bonds is 4. The summed E-state index contributed by atoms with van der Waals surface area (Å²) in [5.41, 5.74) is 1.37. The fourth-order valence-corrected chi connectivity index (χ4v) is 4.45. The summed E-state index contributed by atoms with van der Waals surface area (Å²) < 4.78 is 5.93. The summed E-state index contributed by atoms with van der Waals surface area (Å²) in [7, 11) is 0. The highest BCUT2D eigenvalue weighted by molar-refractivity contribution is 5.74. The van der Waals surface area contributed by atoms with Crippen LogP contribution in [0.1, 0.15) is 24.8 Å². The third kappa shape index (κ3) is 4.15. The fourth-order valence-electron chi connectivity index (χ4n) is 4.45. The molecule has 3 fully saturated rings. The lowest BCUT2D eigenvalue weighted by atomic mass is 9.99. The number of nitrogens with one attached hydrogen (secondary N) is 1. The van der Waals surface area contributed by atoms with Crippen LogP contribution in [0, 0.1) is 5.92 Å². The Kier molecular flexibility index (Phi) is 5.22. The molecule has 2 amide bonds. The Morgan fingerprint density at radius 1 is 1.16 bits per heavy atom. The summed E-state index contributed by atoms with van der Waals surface area (Å²) in [5.74, 6) is 0.574. The minimum absolute atomic E-state index is 0.0720. The van der Waals surface area contributed by atoms with Gasteiger partial charge in [0.2, 0.25) is 0 Å². The molecule has 5 heteroatoms. The minimum atomic E-state index is 0.0720. The van der Waals surface area contributed by atoms with Gasteiger partial charge in [-0.15, -0.1) is 0 Å². The van der Waals surface area contributed by atoms with Gasteiger partial charge < -0.3 is 15.0 Å². The van der Waals surface area contributed by atoms with E-state index in [0.29, 0.717) is 18.5 Å². The molecule has 3 atom stereocenters. The number of nitrogens with zero attached hydrogens (tertiary/aromatic N) is 2. The molecular formula is C20H29N3O2. The lowest BCUT2D eigenvalue weighted by Gasteiger charge is -2.35. The number of carbonyl (C=O) groups is 1. The first-order valence-corrected chi connectivity index (χ1v) is 9.70. The van der Waals surface area contributed by atoms with Gasteiger partial charge in [-0.1, -0.05) is 30.3 Å². The van der Waals surface area contributed by atoms with Crippen LogP contribution in [-0.4, -0.2) is 67.3 Å². The third-order valence-corrected chi connectivity index (χ3v) is 5.88. The Morgan fingerprint density at radius 3 is 2.92 bits per heavy atom. The molecule has 3 heterocycles. The number of hydrogen-bond donors (Lipinski definition) is 1. The van der Waals surface area contributed by atoms with Crippen molar-refractivity contribution in [3.05, 3.63) is 35.9 Å². The number of hydrogen-bond acceptors (Lipinski definition) is 3.